The van der Waals surface area contributed by atoms with Gasteiger partial charge in [0.15, 0.2) is 0 Å². The molecule has 0 atom stereocenters. The molecule has 0 aliphatic heterocycles. The van der Waals surface area contributed by atoms with Gasteiger partial charge in [-0.25, -0.2) is 4.98 Å². The smallest absolute Gasteiger partial charge is 0.225 e. The Morgan fingerprint density at radius 2 is 1.70 bits per heavy atom. The topological polar surface area (TPSA) is 81.2 Å². The van der Waals surface area contributed by atoms with Crippen molar-refractivity contribution in [3.63, 3.8) is 0 Å². The van der Waals surface area contributed by atoms with E-state index in [0.717, 1.165) is 29.8 Å². The third-order valence-corrected chi connectivity index (χ3v) is 5.25. The highest BCUT2D eigenvalue weighted by Crippen LogP contribution is 2.30. The third-order valence-electron chi connectivity index (χ3n) is 5.25. The fraction of sp³-hybridized carbons (Fsp3) is 0.348. The Hall–Kier alpha value is -3.35. The van der Waals surface area contributed by atoms with Gasteiger partial charge in [0.2, 0.25) is 5.95 Å². The van der Waals surface area contributed by atoms with Crippen molar-refractivity contribution in [3.05, 3.63) is 48.8 Å². The molecule has 1 saturated carbocycles. The second kappa shape index (κ2) is 9.43. The molecular formula is C23H27N5O2. The molecule has 0 spiro atoms. The van der Waals surface area contributed by atoms with Crippen molar-refractivity contribution in [2.45, 2.75) is 38.1 Å². The molecular weight excluding hydrogens is 378 g/mol. The van der Waals surface area contributed by atoms with E-state index in [4.69, 9.17) is 19.4 Å². The minimum absolute atomic E-state index is 0.410. The zero-order valence-electron chi connectivity index (χ0n) is 17.4. The normalized spacial score (nSPS) is 14.2. The molecule has 1 fully saturated rings. The Morgan fingerprint density at radius 1 is 0.933 bits per heavy atom. The van der Waals surface area contributed by atoms with Crippen LogP contribution < -0.4 is 20.1 Å². The summed E-state index contributed by atoms with van der Waals surface area (Å²) < 4.78 is 10.8. The van der Waals surface area contributed by atoms with Crippen LogP contribution in [0.4, 0.5) is 17.5 Å². The molecule has 7 heteroatoms. The number of pyridine rings is 1. The molecule has 0 unspecified atom stereocenters. The molecule has 0 radical (unpaired) electrons. The first-order chi connectivity index (χ1) is 14.7. The summed E-state index contributed by atoms with van der Waals surface area (Å²) in [6, 6.07) is 11.9. The summed E-state index contributed by atoms with van der Waals surface area (Å²) >= 11 is 0. The van der Waals surface area contributed by atoms with Crippen molar-refractivity contribution >= 4 is 17.5 Å². The Balaban J connectivity index is 1.66. The quantitative estimate of drug-likeness (QED) is 0.570. The number of hydrogen-bond acceptors (Lipinski definition) is 7. The van der Waals surface area contributed by atoms with Gasteiger partial charge in [-0.15, -0.1) is 0 Å². The van der Waals surface area contributed by atoms with Gasteiger partial charge in [-0.2, -0.15) is 4.98 Å². The zero-order chi connectivity index (χ0) is 20.8. The fourth-order valence-corrected chi connectivity index (χ4v) is 3.69. The van der Waals surface area contributed by atoms with E-state index in [0.29, 0.717) is 29.3 Å². The van der Waals surface area contributed by atoms with Crippen molar-refractivity contribution in [2.24, 2.45) is 0 Å². The Bertz CT molecular complexity index is 952. The molecule has 4 rings (SSSR count). The van der Waals surface area contributed by atoms with Gasteiger partial charge in [0.25, 0.3) is 0 Å². The average molecular weight is 406 g/mol. The van der Waals surface area contributed by atoms with Crippen LogP contribution in [0.15, 0.2) is 48.8 Å². The molecule has 0 bridgehead atoms. The summed E-state index contributed by atoms with van der Waals surface area (Å²) in [4.78, 5) is 13.7. The van der Waals surface area contributed by atoms with Crippen LogP contribution in [0.1, 0.15) is 32.1 Å². The Kier molecular flexibility index (Phi) is 6.27. The van der Waals surface area contributed by atoms with Crippen LogP contribution in [-0.4, -0.2) is 35.2 Å². The van der Waals surface area contributed by atoms with Crippen molar-refractivity contribution in [2.75, 3.05) is 24.9 Å². The van der Waals surface area contributed by atoms with Crippen LogP contribution in [0.25, 0.3) is 11.3 Å². The first kappa shape index (κ1) is 19.9. The molecule has 3 aromatic rings. The molecule has 0 saturated heterocycles. The van der Waals surface area contributed by atoms with E-state index in [1.807, 2.05) is 42.6 Å². The monoisotopic (exact) mass is 405 g/mol. The largest absolute Gasteiger partial charge is 0.497 e. The molecule has 1 aliphatic carbocycles. The zero-order valence-corrected chi connectivity index (χ0v) is 17.4. The lowest BCUT2D eigenvalue weighted by molar-refractivity contribution is 0.395. The van der Waals surface area contributed by atoms with Crippen molar-refractivity contribution < 1.29 is 9.47 Å². The van der Waals surface area contributed by atoms with Gasteiger partial charge in [-0.05, 0) is 25.0 Å². The minimum Gasteiger partial charge on any atom is -0.497 e. The Morgan fingerprint density at radius 3 is 2.37 bits per heavy atom. The van der Waals surface area contributed by atoms with E-state index in [1.54, 1.807) is 20.4 Å². The van der Waals surface area contributed by atoms with E-state index in [2.05, 4.69) is 15.6 Å². The highest BCUT2D eigenvalue weighted by Gasteiger charge is 2.16. The van der Waals surface area contributed by atoms with Gasteiger partial charge >= 0.3 is 0 Å². The standard InChI is InChI=1S/C23H27N5O2/c1-29-19-11-18(12-20(13-19)30-2)25-22-14-21(16-7-6-10-24-15-16)27-23(28-22)26-17-8-4-3-5-9-17/h6-7,10-15,17H,3-5,8-9H2,1-2H3,(H2,25,26,27,28). The summed E-state index contributed by atoms with van der Waals surface area (Å²) in [7, 11) is 3.27. The summed E-state index contributed by atoms with van der Waals surface area (Å²) in [5.41, 5.74) is 2.58. The van der Waals surface area contributed by atoms with Crippen molar-refractivity contribution in [1.82, 2.24) is 15.0 Å². The summed E-state index contributed by atoms with van der Waals surface area (Å²) in [5, 5.41) is 6.90. The maximum absolute atomic E-state index is 5.38. The Labute approximate surface area is 176 Å². The summed E-state index contributed by atoms with van der Waals surface area (Å²) in [6.07, 6.45) is 9.66. The van der Waals surface area contributed by atoms with Gasteiger partial charge in [0.05, 0.1) is 19.9 Å². The lowest BCUT2D eigenvalue weighted by atomic mass is 9.96. The second-order valence-electron chi connectivity index (χ2n) is 7.41. The minimum atomic E-state index is 0.410. The maximum atomic E-state index is 5.38. The van der Waals surface area contributed by atoms with E-state index in [-0.39, 0.29) is 0 Å². The lowest BCUT2D eigenvalue weighted by Gasteiger charge is -2.23. The first-order valence-electron chi connectivity index (χ1n) is 10.3. The van der Waals surface area contributed by atoms with E-state index < -0.39 is 0 Å². The van der Waals surface area contributed by atoms with Gasteiger partial charge in [0, 0.05) is 54.0 Å². The number of benzene rings is 1. The number of anilines is 3. The van der Waals surface area contributed by atoms with E-state index in [1.165, 1.54) is 19.3 Å². The van der Waals surface area contributed by atoms with Gasteiger partial charge in [-0.3, -0.25) is 4.98 Å². The van der Waals surface area contributed by atoms with Crippen LogP contribution in [0, 0.1) is 0 Å². The molecule has 7 nitrogen and oxygen atoms in total. The van der Waals surface area contributed by atoms with Crippen LogP contribution >= 0.6 is 0 Å². The second-order valence-corrected chi connectivity index (χ2v) is 7.41. The summed E-state index contributed by atoms with van der Waals surface area (Å²) in [5.74, 6) is 2.73. The van der Waals surface area contributed by atoms with Crippen molar-refractivity contribution in [3.8, 4) is 22.8 Å². The predicted octanol–water partition coefficient (Wildman–Crippen LogP) is 5.04. The van der Waals surface area contributed by atoms with Gasteiger partial charge < -0.3 is 20.1 Å². The molecule has 2 heterocycles. The van der Waals surface area contributed by atoms with E-state index in [9.17, 15) is 0 Å². The molecule has 1 aliphatic rings. The first-order valence-corrected chi connectivity index (χ1v) is 10.3. The lowest BCUT2D eigenvalue weighted by Crippen LogP contribution is -2.23. The molecule has 30 heavy (non-hydrogen) atoms. The van der Waals surface area contributed by atoms with Crippen LogP contribution in [-0.2, 0) is 0 Å². The number of ether oxygens (including phenoxy) is 2. The van der Waals surface area contributed by atoms with Gasteiger partial charge in [0.1, 0.15) is 17.3 Å². The number of nitrogens with zero attached hydrogens (tertiary/aromatic N) is 3. The van der Waals surface area contributed by atoms with Gasteiger partial charge in [-0.1, -0.05) is 19.3 Å². The third kappa shape index (κ3) is 4.97. The number of nitrogens with one attached hydrogen (secondary N) is 2. The van der Waals surface area contributed by atoms with Crippen LogP contribution in [0.5, 0.6) is 11.5 Å². The highest BCUT2D eigenvalue weighted by molar-refractivity contribution is 5.68. The number of methoxy groups -OCH3 is 2. The van der Waals surface area contributed by atoms with E-state index >= 15 is 0 Å². The maximum Gasteiger partial charge on any atom is 0.225 e. The van der Waals surface area contributed by atoms with Crippen LogP contribution in [0.2, 0.25) is 0 Å². The molecule has 1 aromatic carbocycles. The van der Waals surface area contributed by atoms with Crippen LogP contribution in [0.3, 0.4) is 0 Å². The summed E-state index contributed by atoms with van der Waals surface area (Å²) in [6.45, 7) is 0. The average Bonchev–Trinajstić information content (AvgIpc) is 2.80. The number of rotatable bonds is 7. The number of hydrogen-bond donors (Lipinski definition) is 2. The molecule has 0 amide bonds. The predicted molar refractivity (Wildman–Crippen MR) is 119 cm³/mol. The number of aromatic nitrogens is 3. The van der Waals surface area contributed by atoms with Crippen molar-refractivity contribution in [1.29, 1.82) is 0 Å². The molecule has 156 valence electrons. The fourth-order valence-electron chi connectivity index (χ4n) is 3.69. The molecule has 2 N–H and O–H groups in total. The molecule has 2 aromatic heterocycles. The highest BCUT2D eigenvalue weighted by atomic mass is 16.5. The SMILES string of the molecule is COc1cc(Nc2cc(-c3cccnc3)nc(NC3CCCCC3)n2)cc(OC)c1.